The molecule has 2 unspecified atom stereocenters. The lowest BCUT2D eigenvalue weighted by molar-refractivity contribution is -0.145. The number of piperazine rings is 1. The molecule has 0 amide bonds. The number of carbonyl (C=O) groups is 2. The summed E-state index contributed by atoms with van der Waals surface area (Å²) in [6, 6.07) is 6.39. The van der Waals surface area contributed by atoms with E-state index < -0.39 is 41.6 Å². The number of amidine groups is 1. The fraction of sp³-hybridized carbons (Fsp3) is 0.333. The first-order valence-corrected chi connectivity index (χ1v) is 15.6. The van der Waals surface area contributed by atoms with E-state index in [2.05, 4.69) is 26.2 Å². The Morgan fingerprint density at radius 1 is 1.18 bits per heavy atom. The largest absolute Gasteiger partial charge is 0.480 e. The molecule has 1 fully saturated rings. The molecule has 1 saturated heterocycles. The number of benzene rings is 2. The number of esters is 1. The average Bonchev–Trinajstić information content (AvgIpc) is 3.53. The number of nitrogens with zero attached hydrogens (tertiary/aromatic N) is 4. The van der Waals surface area contributed by atoms with Gasteiger partial charge in [-0.1, -0.05) is 34.1 Å². The van der Waals surface area contributed by atoms with E-state index in [1.54, 1.807) is 29.5 Å². The van der Waals surface area contributed by atoms with Crippen molar-refractivity contribution in [2.45, 2.75) is 25.2 Å². The van der Waals surface area contributed by atoms with Crippen LogP contribution in [0.5, 0.6) is 0 Å². The molecule has 0 saturated carbocycles. The Morgan fingerprint density at radius 3 is 2.56 bits per heavy atom. The van der Waals surface area contributed by atoms with Crippen LogP contribution < -0.4 is 5.32 Å². The quantitative estimate of drug-likeness (QED) is 0.224. The number of aliphatic imine (C=N–C) groups is 1. The minimum absolute atomic E-state index is 0.0454. The van der Waals surface area contributed by atoms with Gasteiger partial charge >= 0.3 is 18.1 Å². The van der Waals surface area contributed by atoms with Gasteiger partial charge in [0.1, 0.15) is 17.9 Å². The number of halogens is 5. The van der Waals surface area contributed by atoms with Crippen molar-refractivity contribution in [3.05, 3.63) is 97.3 Å². The Morgan fingerprint density at radius 2 is 1.93 bits per heavy atom. The highest BCUT2D eigenvalue weighted by molar-refractivity contribution is 9.10. The summed E-state index contributed by atoms with van der Waals surface area (Å²) < 4.78 is 59.9. The number of ether oxygens (including phenoxy) is 1. The van der Waals surface area contributed by atoms with Gasteiger partial charge in [-0.2, -0.15) is 13.2 Å². The topological polar surface area (TPSA) is 107 Å². The Bertz CT molecular complexity index is 1620. The maximum absolute atomic E-state index is 14.0. The van der Waals surface area contributed by atoms with Crippen molar-refractivity contribution in [1.82, 2.24) is 20.1 Å². The van der Waals surface area contributed by atoms with Crippen LogP contribution in [-0.4, -0.2) is 77.0 Å². The van der Waals surface area contributed by atoms with E-state index in [1.165, 1.54) is 35.6 Å². The number of hydrogen-bond donors (Lipinski definition) is 2. The molecule has 1 aromatic heterocycles. The maximum atomic E-state index is 14.0. The number of alkyl halides is 3. The summed E-state index contributed by atoms with van der Waals surface area (Å²) in [5.74, 6) is -1.89. The van der Waals surface area contributed by atoms with Gasteiger partial charge in [0.15, 0.2) is 10.8 Å². The zero-order valence-electron chi connectivity index (χ0n) is 23.9. The number of aliphatic carboxylic acids is 1. The number of carbonyl (C=O) groups excluding carboxylic acids is 1. The van der Waals surface area contributed by atoms with E-state index in [0.717, 1.165) is 12.1 Å². The number of nitrogens with one attached hydrogen (secondary N) is 1. The van der Waals surface area contributed by atoms with Gasteiger partial charge < -0.3 is 15.2 Å². The van der Waals surface area contributed by atoms with Crippen LogP contribution >= 0.6 is 27.3 Å². The van der Waals surface area contributed by atoms with Gasteiger partial charge in [-0.05, 0) is 42.3 Å². The number of carboxylic acid groups (broad SMARTS) is 1. The molecule has 0 aliphatic carbocycles. The highest BCUT2D eigenvalue weighted by atomic mass is 79.9. The molecule has 2 atom stereocenters. The summed E-state index contributed by atoms with van der Waals surface area (Å²) in [5, 5.41) is 15.6. The molecule has 0 bridgehead atoms. The smallest absolute Gasteiger partial charge is 0.416 e. The van der Waals surface area contributed by atoms with Crippen molar-refractivity contribution in [3.8, 4) is 0 Å². The van der Waals surface area contributed by atoms with Crippen LogP contribution in [0.1, 0.15) is 40.7 Å². The van der Waals surface area contributed by atoms with Gasteiger partial charge in [0.05, 0.1) is 17.7 Å². The SMILES string of the molecule is CCOC(=O)C1=C(CN2CCN(C(C(=O)O)c3cccc(C(F)(F)F)c3)CC2)NC(c2nccs2)=NC1c1ccc(F)cc1Br. The minimum atomic E-state index is -4.60. The van der Waals surface area contributed by atoms with E-state index in [0.29, 0.717) is 39.7 Å². The molecule has 2 aromatic carbocycles. The molecule has 238 valence electrons. The number of aromatic nitrogens is 1. The second-order valence-electron chi connectivity index (χ2n) is 10.3. The first kappa shape index (κ1) is 32.7. The molecule has 0 spiro atoms. The van der Waals surface area contributed by atoms with Gasteiger partial charge in [-0.3, -0.25) is 19.6 Å². The van der Waals surface area contributed by atoms with E-state index >= 15 is 0 Å². The van der Waals surface area contributed by atoms with Crippen molar-refractivity contribution in [2.75, 3.05) is 39.3 Å². The molecule has 3 heterocycles. The summed E-state index contributed by atoms with van der Waals surface area (Å²) >= 11 is 4.75. The van der Waals surface area contributed by atoms with Crippen LogP contribution in [0.3, 0.4) is 0 Å². The summed E-state index contributed by atoms with van der Waals surface area (Å²) in [6.45, 7) is 3.23. The molecule has 5 rings (SSSR count). The van der Waals surface area contributed by atoms with Gasteiger partial charge in [-0.25, -0.2) is 14.2 Å². The number of carboxylic acids is 1. The number of hydrogen-bond acceptors (Lipinski definition) is 9. The molecule has 3 aromatic rings. The molecule has 0 radical (unpaired) electrons. The third-order valence-electron chi connectivity index (χ3n) is 7.43. The summed E-state index contributed by atoms with van der Waals surface area (Å²) in [7, 11) is 0. The molecule has 2 N–H and O–H groups in total. The lowest BCUT2D eigenvalue weighted by atomic mass is 9.95. The highest BCUT2D eigenvalue weighted by Gasteiger charge is 2.37. The summed E-state index contributed by atoms with van der Waals surface area (Å²) in [5.41, 5.74) is 0.411. The predicted molar refractivity (Wildman–Crippen MR) is 162 cm³/mol. The lowest BCUT2D eigenvalue weighted by Gasteiger charge is -2.39. The Balaban J connectivity index is 1.43. The minimum Gasteiger partial charge on any atom is -0.480 e. The van der Waals surface area contributed by atoms with Gasteiger partial charge in [-0.15, -0.1) is 11.3 Å². The van der Waals surface area contributed by atoms with Crippen molar-refractivity contribution in [1.29, 1.82) is 0 Å². The van der Waals surface area contributed by atoms with Crippen LogP contribution in [0, 0.1) is 5.82 Å². The lowest BCUT2D eigenvalue weighted by Crippen LogP contribution is -2.51. The Kier molecular flexibility index (Phi) is 10.0. The van der Waals surface area contributed by atoms with Crippen LogP contribution in [0.25, 0.3) is 0 Å². The first-order chi connectivity index (χ1) is 21.5. The van der Waals surface area contributed by atoms with Crippen LogP contribution in [0.15, 0.2) is 74.8 Å². The molecule has 45 heavy (non-hydrogen) atoms. The van der Waals surface area contributed by atoms with Crippen molar-refractivity contribution in [2.24, 2.45) is 4.99 Å². The van der Waals surface area contributed by atoms with Gasteiger partial charge in [0, 0.05) is 54.5 Å². The van der Waals surface area contributed by atoms with Gasteiger partial charge in [0.2, 0.25) is 0 Å². The highest BCUT2D eigenvalue weighted by Crippen LogP contribution is 2.37. The van der Waals surface area contributed by atoms with Crippen molar-refractivity contribution >= 4 is 45.0 Å². The van der Waals surface area contributed by atoms with E-state index in [-0.39, 0.29) is 37.4 Å². The van der Waals surface area contributed by atoms with Crippen LogP contribution in [0.2, 0.25) is 0 Å². The van der Waals surface area contributed by atoms with E-state index in [4.69, 9.17) is 9.73 Å². The molecule has 2 aliphatic rings. The zero-order chi connectivity index (χ0) is 32.3. The normalized spacial score (nSPS) is 18.7. The summed E-state index contributed by atoms with van der Waals surface area (Å²) in [4.78, 5) is 38.5. The van der Waals surface area contributed by atoms with E-state index in [1.807, 2.05) is 4.90 Å². The third-order valence-corrected chi connectivity index (χ3v) is 8.90. The van der Waals surface area contributed by atoms with Gasteiger partial charge in [0.25, 0.3) is 0 Å². The fourth-order valence-electron chi connectivity index (χ4n) is 5.36. The number of rotatable bonds is 9. The molecule has 15 heteroatoms. The monoisotopic (exact) mass is 709 g/mol. The summed E-state index contributed by atoms with van der Waals surface area (Å²) in [6.07, 6.45) is -2.98. The zero-order valence-corrected chi connectivity index (χ0v) is 26.3. The number of thiazole rings is 1. The van der Waals surface area contributed by atoms with E-state index in [9.17, 15) is 32.3 Å². The molecule has 2 aliphatic heterocycles. The Labute approximate surface area is 268 Å². The fourth-order valence-corrected chi connectivity index (χ4v) is 6.52. The predicted octanol–water partition coefficient (Wildman–Crippen LogP) is 5.42. The first-order valence-electron chi connectivity index (χ1n) is 13.9. The standard InChI is InChI=1S/C30H28BrF4N5O4S/c1-2-44-29(43)23-22(37-26(27-36-8-13-45-27)38-24(23)20-7-6-19(32)15-21(20)31)16-39-9-11-40(12-10-39)25(28(41)42)17-4-3-5-18(14-17)30(33,34)35/h3-8,13-15,24-25H,2,9-12,16H2,1H3,(H,37,38)(H,41,42). The third kappa shape index (κ3) is 7.43. The Hall–Kier alpha value is -3.66. The molecular weight excluding hydrogens is 682 g/mol. The molecule has 9 nitrogen and oxygen atoms in total. The second kappa shape index (κ2) is 13.8. The van der Waals surface area contributed by atoms with Crippen molar-refractivity contribution < 1.29 is 37.0 Å². The van der Waals surface area contributed by atoms with Crippen LogP contribution in [-0.2, 0) is 20.5 Å². The average molecular weight is 711 g/mol. The maximum Gasteiger partial charge on any atom is 0.416 e. The van der Waals surface area contributed by atoms with Crippen LogP contribution in [0.4, 0.5) is 17.6 Å². The molecular formula is C30H28BrF4N5O4S. The van der Waals surface area contributed by atoms with Crippen molar-refractivity contribution in [3.63, 3.8) is 0 Å². The second-order valence-corrected chi connectivity index (χ2v) is 12.0.